The highest BCUT2D eigenvalue weighted by molar-refractivity contribution is 5.63. The third kappa shape index (κ3) is 5.42. The van der Waals surface area contributed by atoms with Crippen LogP contribution in [0.25, 0.3) is 11.1 Å². The Hall–Kier alpha value is -2.33. The average molecular weight is 314 g/mol. The van der Waals surface area contributed by atoms with Crippen LogP contribution < -0.4 is 0 Å². The second-order valence-corrected chi connectivity index (χ2v) is 5.54. The lowest BCUT2D eigenvalue weighted by Crippen LogP contribution is -2.31. The number of ether oxygens (including phenoxy) is 3. The van der Waals surface area contributed by atoms with E-state index in [-0.39, 0.29) is 6.61 Å². The van der Waals surface area contributed by atoms with Crippen molar-refractivity contribution in [2.24, 2.45) is 0 Å². The Morgan fingerprint density at radius 3 is 2.17 bits per heavy atom. The summed E-state index contributed by atoms with van der Waals surface area (Å²) in [5.41, 5.74) is 3.33. The van der Waals surface area contributed by atoms with Gasteiger partial charge in [0.2, 0.25) is 5.79 Å². The van der Waals surface area contributed by atoms with Gasteiger partial charge >= 0.3 is 6.16 Å². The monoisotopic (exact) mass is 314 g/mol. The van der Waals surface area contributed by atoms with Gasteiger partial charge in [0.25, 0.3) is 0 Å². The zero-order valence-corrected chi connectivity index (χ0v) is 13.7. The van der Waals surface area contributed by atoms with Gasteiger partial charge < -0.3 is 14.2 Å². The number of benzene rings is 2. The molecule has 0 aliphatic carbocycles. The summed E-state index contributed by atoms with van der Waals surface area (Å²) in [5.74, 6) is -1.04. The first kappa shape index (κ1) is 17.0. The highest BCUT2D eigenvalue weighted by atomic mass is 16.8. The van der Waals surface area contributed by atoms with E-state index in [0.717, 1.165) is 11.1 Å². The largest absolute Gasteiger partial charge is 0.510 e. The highest BCUT2D eigenvalue weighted by Gasteiger charge is 2.24. The first-order chi connectivity index (χ1) is 11.0. The van der Waals surface area contributed by atoms with Crippen LogP contribution in [0, 0.1) is 0 Å². The second kappa shape index (κ2) is 7.79. The van der Waals surface area contributed by atoms with Crippen LogP contribution >= 0.6 is 0 Å². The molecule has 2 aromatic carbocycles. The van der Waals surface area contributed by atoms with Crippen LogP contribution in [-0.2, 0) is 20.8 Å². The van der Waals surface area contributed by atoms with Crippen molar-refractivity contribution in [2.45, 2.75) is 33.2 Å². The Balaban J connectivity index is 1.92. The van der Waals surface area contributed by atoms with E-state index in [4.69, 9.17) is 14.2 Å². The number of carbonyl (C=O) groups excluding carboxylic acids is 1. The van der Waals surface area contributed by atoms with E-state index in [1.54, 1.807) is 20.8 Å². The molecular weight excluding hydrogens is 292 g/mol. The molecule has 0 N–H and O–H groups in total. The molecule has 2 rings (SSSR count). The molecule has 0 spiro atoms. The lowest BCUT2D eigenvalue weighted by atomic mass is 10.0. The van der Waals surface area contributed by atoms with Crippen LogP contribution in [0.5, 0.6) is 0 Å². The summed E-state index contributed by atoms with van der Waals surface area (Å²) in [6.07, 6.45) is -0.725. The van der Waals surface area contributed by atoms with Crippen molar-refractivity contribution in [3.05, 3.63) is 60.2 Å². The molecule has 122 valence electrons. The highest BCUT2D eigenvalue weighted by Crippen LogP contribution is 2.21. The molecule has 0 fully saturated rings. The first-order valence-corrected chi connectivity index (χ1v) is 7.64. The summed E-state index contributed by atoms with van der Waals surface area (Å²) in [7, 11) is 0. The molecule has 0 unspecified atom stereocenters. The van der Waals surface area contributed by atoms with Gasteiger partial charge in [0.15, 0.2) is 0 Å². The molecule has 0 aromatic heterocycles. The normalized spacial score (nSPS) is 11.1. The van der Waals surface area contributed by atoms with Crippen LogP contribution in [0.1, 0.15) is 26.3 Å². The molecule has 0 aliphatic rings. The molecule has 0 bridgehead atoms. The number of rotatable bonds is 6. The van der Waals surface area contributed by atoms with Crippen molar-refractivity contribution < 1.29 is 19.0 Å². The van der Waals surface area contributed by atoms with Gasteiger partial charge in [0.1, 0.15) is 0 Å². The summed E-state index contributed by atoms with van der Waals surface area (Å²) < 4.78 is 15.5. The van der Waals surface area contributed by atoms with Gasteiger partial charge in [-0.25, -0.2) is 4.79 Å². The Labute approximate surface area is 137 Å². The third-order valence-corrected chi connectivity index (χ3v) is 3.24. The van der Waals surface area contributed by atoms with Crippen LogP contribution in [0.2, 0.25) is 0 Å². The molecule has 0 radical (unpaired) electrons. The lowest BCUT2D eigenvalue weighted by molar-refractivity contribution is -0.195. The Bertz CT molecular complexity index is 618. The molecular formula is C19H22O4. The van der Waals surface area contributed by atoms with Gasteiger partial charge in [-0.1, -0.05) is 54.6 Å². The smallest absolute Gasteiger partial charge is 0.435 e. The van der Waals surface area contributed by atoms with E-state index in [1.807, 2.05) is 42.5 Å². The minimum absolute atomic E-state index is 0.274. The predicted molar refractivity (Wildman–Crippen MR) is 88.9 cm³/mol. The van der Waals surface area contributed by atoms with E-state index >= 15 is 0 Å². The van der Waals surface area contributed by atoms with Crippen LogP contribution in [-0.4, -0.2) is 18.5 Å². The van der Waals surface area contributed by atoms with E-state index in [1.165, 1.54) is 5.56 Å². The second-order valence-electron chi connectivity index (χ2n) is 5.54. The molecule has 0 saturated carbocycles. The van der Waals surface area contributed by atoms with Gasteiger partial charge in [-0.2, -0.15) is 0 Å². The molecule has 23 heavy (non-hydrogen) atoms. The Morgan fingerprint density at radius 2 is 1.57 bits per heavy atom. The molecule has 4 heteroatoms. The summed E-state index contributed by atoms with van der Waals surface area (Å²) in [4.78, 5) is 11.3. The summed E-state index contributed by atoms with van der Waals surface area (Å²) in [6.45, 7) is 5.71. The third-order valence-electron chi connectivity index (χ3n) is 3.24. The maximum atomic E-state index is 11.3. The maximum absolute atomic E-state index is 11.3. The topological polar surface area (TPSA) is 44.8 Å². The molecule has 4 nitrogen and oxygen atoms in total. The van der Waals surface area contributed by atoms with Gasteiger partial charge in [-0.05, 0) is 23.6 Å². The maximum Gasteiger partial charge on any atom is 0.510 e. The predicted octanol–water partition coefficient (Wildman–Crippen LogP) is 4.78. The molecule has 0 amide bonds. The van der Waals surface area contributed by atoms with Crippen molar-refractivity contribution in [3.63, 3.8) is 0 Å². The fourth-order valence-corrected chi connectivity index (χ4v) is 2.06. The molecule has 0 aliphatic heterocycles. The van der Waals surface area contributed by atoms with Gasteiger partial charge in [-0.3, -0.25) is 0 Å². The van der Waals surface area contributed by atoms with Crippen LogP contribution in [0.3, 0.4) is 0 Å². The number of hydrogen-bond donors (Lipinski definition) is 0. The quantitative estimate of drug-likeness (QED) is 0.568. The molecule has 0 saturated heterocycles. The zero-order chi connectivity index (χ0) is 16.7. The minimum atomic E-state index is -1.04. The van der Waals surface area contributed by atoms with E-state index in [0.29, 0.717) is 6.61 Å². The van der Waals surface area contributed by atoms with E-state index < -0.39 is 11.9 Å². The summed E-state index contributed by atoms with van der Waals surface area (Å²) >= 11 is 0. The molecule has 0 heterocycles. The summed E-state index contributed by atoms with van der Waals surface area (Å²) in [5, 5.41) is 0. The SMILES string of the molecule is CCOC(=O)OC(C)(C)OCc1ccc(-c2ccccc2)cc1. The number of carbonyl (C=O) groups is 1. The van der Waals surface area contributed by atoms with Crippen molar-refractivity contribution in [3.8, 4) is 11.1 Å². The standard InChI is InChI=1S/C19H22O4/c1-4-21-18(20)23-19(2,3)22-14-15-10-12-17(13-11-15)16-8-6-5-7-9-16/h5-13H,4,14H2,1-3H3. The minimum Gasteiger partial charge on any atom is -0.435 e. The Kier molecular flexibility index (Phi) is 5.77. The molecule has 2 aromatic rings. The van der Waals surface area contributed by atoms with E-state index in [9.17, 15) is 4.79 Å². The fourth-order valence-electron chi connectivity index (χ4n) is 2.06. The zero-order valence-electron chi connectivity index (χ0n) is 13.7. The lowest BCUT2D eigenvalue weighted by Gasteiger charge is -2.24. The van der Waals surface area contributed by atoms with Gasteiger partial charge in [-0.15, -0.1) is 0 Å². The van der Waals surface area contributed by atoms with Crippen molar-refractivity contribution in [1.82, 2.24) is 0 Å². The fraction of sp³-hybridized carbons (Fsp3) is 0.316. The molecule has 0 atom stereocenters. The average Bonchev–Trinajstić information content (AvgIpc) is 2.54. The van der Waals surface area contributed by atoms with Gasteiger partial charge in [0, 0.05) is 13.8 Å². The summed E-state index contributed by atoms with van der Waals surface area (Å²) in [6, 6.07) is 18.3. The van der Waals surface area contributed by atoms with Crippen molar-refractivity contribution in [1.29, 1.82) is 0 Å². The Morgan fingerprint density at radius 1 is 0.957 bits per heavy atom. The van der Waals surface area contributed by atoms with Crippen molar-refractivity contribution in [2.75, 3.05) is 6.61 Å². The van der Waals surface area contributed by atoms with Crippen molar-refractivity contribution >= 4 is 6.16 Å². The number of hydrogen-bond acceptors (Lipinski definition) is 4. The van der Waals surface area contributed by atoms with Crippen LogP contribution in [0.4, 0.5) is 4.79 Å². The van der Waals surface area contributed by atoms with Gasteiger partial charge in [0.05, 0.1) is 13.2 Å². The van der Waals surface area contributed by atoms with Crippen LogP contribution in [0.15, 0.2) is 54.6 Å². The van der Waals surface area contributed by atoms with E-state index in [2.05, 4.69) is 12.1 Å². The first-order valence-electron chi connectivity index (χ1n) is 7.64.